The Labute approximate surface area is 144 Å². The Morgan fingerprint density at radius 2 is 1.88 bits per heavy atom. The number of hydrogen-bond donors (Lipinski definition) is 1. The highest BCUT2D eigenvalue weighted by Crippen LogP contribution is 2.27. The number of likely N-dealkylation sites (tertiary alicyclic amines) is 1. The summed E-state index contributed by atoms with van der Waals surface area (Å²) in [6.45, 7) is 9.41. The van der Waals surface area contributed by atoms with Crippen molar-refractivity contribution in [1.29, 1.82) is 0 Å². The summed E-state index contributed by atoms with van der Waals surface area (Å²) in [7, 11) is 0. The van der Waals surface area contributed by atoms with Crippen LogP contribution in [0.3, 0.4) is 0 Å². The minimum Gasteiger partial charge on any atom is -0.508 e. The number of carbonyl (C=O) groups excluding carboxylic acids is 1. The lowest BCUT2D eigenvalue weighted by molar-refractivity contribution is -0.000957. The van der Waals surface area contributed by atoms with Gasteiger partial charge >= 0.3 is 0 Å². The van der Waals surface area contributed by atoms with Gasteiger partial charge in [-0.25, -0.2) is 0 Å². The van der Waals surface area contributed by atoms with E-state index in [-0.39, 0.29) is 11.7 Å². The Bertz CT molecular complexity index is 576. The molecule has 1 aromatic rings. The monoisotopic (exact) mass is 332 g/mol. The molecule has 1 N–H and O–H groups in total. The van der Waals surface area contributed by atoms with Crippen LogP contribution in [0.1, 0.15) is 35.7 Å². The van der Waals surface area contributed by atoms with Gasteiger partial charge < -0.3 is 14.7 Å². The molecule has 132 valence electrons. The summed E-state index contributed by atoms with van der Waals surface area (Å²) in [6.07, 6.45) is 2.09. The smallest absolute Gasteiger partial charge is 0.254 e. The normalized spacial score (nSPS) is 21.7. The van der Waals surface area contributed by atoms with E-state index < -0.39 is 0 Å². The third kappa shape index (κ3) is 3.57. The Hall–Kier alpha value is -1.59. The van der Waals surface area contributed by atoms with Crippen LogP contribution in [0, 0.1) is 12.8 Å². The van der Waals surface area contributed by atoms with Crippen molar-refractivity contribution in [3.8, 4) is 5.75 Å². The molecule has 1 atom stereocenters. The van der Waals surface area contributed by atoms with E-state index in [4.69, 9.17) is 4.74 Å². The van der Waals surface area contributed by atoms with Crippen LogP contribution in [0.4, 0.5) is 0 Å². The summed E-state index contributed by atoms with van der Waals surface area (Å²) < 4.78 is 5.44. The SMILES string of the molecule is Cc1c(O)cccc1C(=O)N1CCC([C@H](C)N2CCOCC2)CC1. The van der Waals surface area contributed by atoms with Crippen LogP contribution < -0.4 is 0 Å². The number of aromatic hydroxyl groups is 1. The summed E-state index contributed by atoms with van der Waals surface area (Å²) in [5.41, 5.74) is 1.29. The molecule has 2 aliphatic heterocycles. The predicted molar refractivity (Wildman–Crippen MR) is 93.3 cm³/mol. The molecule has 0 unspecified atom stereocenters. The van der Waals surface area contributed by atoms with E-state index in [2.05, 4.69) is 11.8 Å². The maximum atomic E-state index is 12.7. The quantitative estimate of drug-likeness (QED) is 0.923. The molecule has 24 heavy (non-hydrogen) atoms. The summed E-state index contributed by atoms with van der Waals surface area (Å²) in [6, 6.07) is 5.72. The van der Waals surface area contributed by atoms with Gasteiger partial charge in [0.25, 0.3) is 5.91 Å². The zero-order chi connectivity index (χ0) is 17.1. The molecule has 0 radical (unpaired) electrons. The maximum Gasteiger partial charge on any atom is 0.254 e. The molecule has 0 spiro atoms. The number of rotatable bonds is 3. The number of phenolic OH excluding ortho intramolecular Hbond substituents is 1. The first kappa shape index (κ1) is 17.2. The van der Waals surface area contributed by atoms with Crippen molar-refractivity contribution >= 4 is 5.91 Å². The van der Waals surface area contributed by atoms with Gasteiger partial charge in [0.2, 0.25) is 0 Å². The summed E-state index contributed by atoms with van der Waals surface area (Å²) in [5, 5.41) is 9.82. The molecular formula is C19H28N2O3. The number of phenols is 1. The Kier molecular flexibility index (Phi) is 5.41. The average molecular weight is 332 g/mol. The van der Waals surface area contributed by atoms with Crippen molar-refractivity contribution in [3.63, 3.8) is 0 Å². The first-order valence-electron chi connectivity index (χ1n) is 8.97. The number of hydrogen-bond acceptors (Lipinski definition) is 4. The van der Waals surface area contributed by atoms with Crippen LogP contribution in [-0.2, 0) is 4.74 Å². The molecule has 0 saturated carbocycles. The number of benzene rings is 1. The number of piperidine rings is 1. The maximum absolute atomic E-state index is 12.7. The molecule has 2 aliphatic rings. The average Bonchev–Trinajstić information content (AvgIpc) is 2.64. The summed E-state index contributed by atoms with van der Waals surface area (Å²) in [4.78, 5) is 17.2. The lowest BCUT2D eigenvalue weighted by Crippen LogP contribution is -2.49. The van der Waals surface area contributed by atoms with Gasteiger partial charge in [-0.3, -0.25) is 9.69 Å². The van der Waals surface area contributed by atoms with Crippen LogP contribution >= 0.6 is 0 Å². The minimum absolute atomic E-state index is 0.0425. The van der Waals surface area contributed by atoms with Gasteiger partial charge in [-0.05, 0) is 44.7 Å². The largest absolute Gasteiger partial charge is 0.508 e. The summed E-state index contributed by atoms with van der Waals surface area (Å²) >= 11 is 0. The van der Waals surface area contributed by atoms with Crippen molar-refractivity contribution in [3.05, 3.63) is 29.3 Å². The Morgan fingerprint density at radius 1 is 1.21 bits per heavy atom. The molecule has 1 amide bonds. The highest BCUT2D eigenvalue weighted by atomic mass is 16.5. The fourth-order valence-corrected chi connectivity index (χ4v) is 3.89. The van der Waals surface area contributed by atoms with Gasteiger partial charge in [0.15, 0.2) is 0 Å². The van der Waals surface area contributed by atoms with Gasteiger partial charge in [-0.1, -0.05) is 6.07 Å². The van der Waals surface area contributed by atoms with Crippen LogP contribution in [0.5, 0.6) is 5.75 Å². The third-order valence-corrected chi connectivity index (χ3v) is 5.67. The molecule has 2 fully saturated rings. The number of amides is 1. The number of carbonyl (C=O) groups is 1. The van der Waals surface area contributed by atoms with Crippen LogP contribution in [0.2, 0.25) is 0 Å². The number of ether oxygens (including phenoxy) is 1. The molecule has 2 saturated heterocycles. The van der Waals surface area contributed by atoms with E-state index in [1.807, 2.05) is 4.90 Å². The first-order chi connectivity index (χ1) is 11.6. The van der Waals surface area contributed by atoms with Gasteiger partial charge in [-0.2, -0.15) is 0 Å². The molecule has 0 bridgehead atoms. The zero-order valence-electron chi connectivity index (χ0n) is 14.7. The van der Waals surface area contributed by atoms with Crippen molar-refractivity contribution in [2.24, 2.45) is 5.92 Å². The molecule has 2 heterocycles. The molecule has 3 rings (SSSR count). The van der Waals surface area contributed by atoms with Crippen LogP contribution in [0.25, 0.3) is 0 Å². The van der Waals surface area contributed by atoms with Crippen molar-refractivity contribution in [1.82, 2.24) is 9.80 Å². The fourth-order valence-electron chi connectivity index (χ4n) is 3.89. The van der Waals surface area contributed by atoms with Gasteiger partial charge in [0.05, 0.1) is 13.2 Å². The highest BCUT2D eigenvalue weighted by molar-refractivity contribution is 5.96. The van der Waals surface area contributed by atoms with E-state index in [0.717, 1.165) is 52.2 Å². The van der Waals surface area contributed by atoms with Crippen molar-refractivity contribution in [2.75, 3.05) is 39.4 Å². The lowest BCUT2D eigenvalue weighted by Gasteiger charge is -2.41. The van der Waals surface area contributed by atoms with Crippen molar-refractivity contribution < 1.29 is 14.6 Å². The molecule has 1 aromatic carbocycles. The zero-order valence-corrected chi connectivity index (χ0v) is 14.7. The van der Waals surface area contributed by atoms with E-state index in [1.165, 1.54) is 0 Å². The predicted octanol–water partition coefficient (Wildman–Crippen LogP) is 2.27. The standard InChI is InChI=1S/C19H28N2O3/c1-14-17(4-3-5-18(14)22)19(23)21-8-6-16(7-9-21)15(2)20-10-12-24-13-11-20/h3-5,15-16,22H,6-13H2,1-2H3/t15-/m0/s1. The molecule has 5 heteroatoms. The van der Waals surface area contributed by atoms with Crippen LogP contribution in [0.15, 0.2) is 18.2 Å². The van der Waals surface area contributed by atoms with Crippen LogP contribution in [-0.4, -0.2) is 66.2 Å². The van der Waals surface area contributed by atoms with E-state index in [1.54, 1.807) is 25.1 Å². The van der Waals surface area contributed by atoms with E-state index in [9.17, 15) is 9.90 Å². The van der Waals surface area contributed by atoms with Crippen molar-refractivity contribution in [2.45, 2.75) is 32.7 Å². The second kappa shape index (κ2) is 7.53. The molecular weight excluding hydrogens is 304 g/mol. The molecule has 0 aliphatic carbocycles. The Morgan fingerprint density at radius 3 is 2.54 bits per heavy atom. The van der Waals surface area contributed by atoms with Gasteiger partial charge in [0, 0.05) is 43.3 Å². The third-order valence-electron chi connectivity index (χ3n) is 5.67. The number of morpholine rings is 1. The van der Waals surface area contributed by atoms with E-state index >= 15 is 0 Å². The Balaban J connectivity index is 1.58. The molecule has 5 nitrogen and oxygen atoms in total. The molecule has 0 aromatic heterocycles. The topological polar surface area (TPSA) is 53.0 Å². The van der Waals surface area contributed by atoms with E-state index in [0.29, 0.717) is 23.1 Å². The first-order valence-corrected chi connectivity index (χ1v) is 8.97. The minimum atomic E-state index is 0.0425. The fraction of sp³-hybridized carbons (Fsp3) is 0.632. The lowest BCUT2D eigenvalue weighted by atomic mass is 9.88. The second-order valence-corrected chi connectivity index (χ2v) is 6.97. The van der Waals surface area contributed by atoms with Gasteiger partial charge in [0.1, 0.15) is 5.75 Å². The second-order valence-electron chi connectivity index (χ2n) is 6.97. The summed E-state index contributed by atoms with van der Waals surface area (Å²) in [5.74, 6) is 0.870. The highest BCUT2D eigenvalue weighted by Gasteiger charge is 2.30. The number of nitrogens with zero attached hydrogens (tertiary/aromatic N) is 2. The van der Waals surface area contributed by atoms with Gasteiger partial charge in [-0.15, -0.1) is 0 Å².